The molecule has 1 aromatic heterocycles. The highest BCUT2D eigenvalue weighted by atomic mass is 16.5. The van der Waals surface area contributed by atoms with Crippen LogP contribution in [0.15, 0.2) is 36.5 Å². The van der Waals surface area contributed by atoms with E-state index in [1.165, 1.54) is 5.69 Å². The summed E-state index contributed by atoms with van der Waals surface area (Å²) in [5.41, 5.74) is 3.43. The van der Waals surface area contributed by atoms with Crippen LogP contribution in [0.3, 0.4) is 0 Å². The lowest BCUT2D eigenvalue weighted by molar-refractivity contribution is -0.880. The van der Waals surface area contributed by atoms with Crippen LogP contribution < -0.4 is 14.0 Å². The second-order valence-corrected chi connectivity index (χ2v) is 5.21. The number of aryl methyl sites for hydroxylation is 1. The molecule has 1 atom stereocenters. The lowest BCUT2D eigenvalue weighted by Crippen LogP contribution is -2.45. The first-order valence-electron chi connectivity index (χ1n) is 6.71. The van der Waals surface area contributed by atoms with E-state index in [9.17, 15) is 0 Å². The van der Waals surface area contributed by atoms with E-state index in [1.54, 1.807) is 7.11 Å². The number of hydrogen-bond donors (Lipinski definition) is 0. The molecule has 1 unspecified atom stereocenters. The maximum atomic E-state index is 6.21. The van der Waals surface area contributed by atoms with E-state index in [4.69, 9.17) is 9.47 Å². The van der Waals surface area contributed by atoms with Gasteiger partial charge in [-0.3, -0.25) is 0 Å². The van der Waals surface area contributed by atoms with Gasteiger partial charge in [-0.1, -0.05) is 4.57 Å². The Balaban J connectivity index is 1.85. The minimum Gasteiger partial charge on any atom is -0.497 e. The fraction of sp³-hybridized carbons (Fsp3) is 0.250. The molecule has 4 heteroatoms. The summed E-state index contributed by atoms with van der Waals surface area (Å²) < 4.78 is 15.9. The van der Waals surface area contributed by atoms with Crippen LogP contribution in [0.1, 0.15) is 23.2 Å². The fourth-order valence-corrected chi connectivity index (χ4v) is 2.93. The smallest absolute Gasteiger partial charge is 0.497 e. The van der Waals surface area contributed by atoms with Gasteiger partial charge in [0.25, 0.3) is 5.69 Å². The first-order valence-corrected chi connectivity index (χ1v) is 6.71. The number of ether oxygens (including phenoxy) is 2. The Hall–Kier alpha value is -2.36. The van der Waals surface area contributed by atoms with Crippen molar-refractivity contribution in [2.24, 2.45) is 0 Å². The van der Waals surface area contributed by atoms with Crippen LogP contribution in [0.2, 0.25) is 0 Å². The standard InChI is InChI=1S/C16H16N2O2/c1-11-7-14(19-2)8-12-9-17-10-13-5-3-4-6-18(13)16(17)20-15(11)12/h3-9,16H,10H2,1-2H3/q+2. The Labute approximate surface area is 117 Å². The first-order chi connectivity index (χ1) is 9.76. The second kappa shape index (κ2) is 4.07. The van der Waals surface area contributed by atoms with E-state index in [2.05, 4.69) is 40.6 Å². The van der Waals surface area contributed by atoms with Gasteiger partial charge in [-0.15, -0.1) is 4.58 Å². The van der Waals surface area contributed by atoms with E-state index in [1.807, 2.05) is 18.2 Å². The Bertz CT molecular complexity index is 737. The summed E-state index contributed by atoms with van der Waals surface area (Å²) in [6.45, 7) is 2.91. The van der Waals surface area contributed by atoms with E-state index in [-0.39, 0.29) is 6.35 Å². The second-order valence-electron chi connectivity index (χ2n) is 5.21. The number of nitrogens with zero attached hydrogens (tertiary/aromatic N) is 2. The Morgan fingerprint density at radius 2 is 2.20 bits per heavy atom. The highest BCUT2D eigenvalue weighted by molar-refractivity contribution is 5.82. The van der Waals surface area contributed by atoms with E-state index < -0.39 is 0 Å². The molecule has 0 amide bonds. The summed E-state index contributed by atoms with van der Waals surface area (Å²) >= 11 is 0. The number of pyridine rings is 1. The van der Waals surface area contributed by atoms with Crippen molar-refractivity contribution in [2.75, 3.05) is 7.11 Å². The van der Waals surface area contributed by atoms with E-state index in [0.29, 0.717) is 0 Å². The van der Waals surface area contributed by atoms with Crippen molar-refractivity contribution in [3.63, 3.8) is 0 Å². The quantitative estimate of drug-likeness (QED) is 0.737. The van der Waals surface area contributed by atoms with Crippen LogP contribution >= 0.6 is 0 Å². The molecule has 0 N–H and O–H groups in total. The number of aromatic nitrogens is 1. The molecule has 4 nitrogen and oxygen atoms in total. The Morgan fingerprint density at radius 3 is 3.05 bits per heavy atom. The summed E-state index contributed by atoms with van der Waals surface area (Å²) in [6, 6.07) is 10.3. The van der Waals surface area contributed by atoms with Gasteiger partial charge in [-0.2, -0.15) is 0 Å². The van der Waals surface area contributed by atoms with Crippen LogP contribution in [-0.2, 0) is 6.54 Å². The molecule has 0 aliphatic carbocycles. The molecular weight excluding hydrogens is 252 g/mol. The molecule has 2 aliphatic rings. The monoisotopic (exact) mass is 268 g/mol. The fourth-order valence-electron chi connectivity index (χ4n) is 2.93. The van der Waals surface area contributed by atoms with Crippen molar-refractivity contribution in [2.45, 2.75) is 19.8 Å². The first kappa shape index (κ1) is 11.5. The van der Waals surface area contributed by atoms with E-state index in [0.717, 1.165) is 29.2 Å². The zero-order chi connectivity index (χ0) is 13.7. The Kier molecular flexibility index (Phi) is 2.33. The van der Waals surface area contributed by atoms with Crippen molar-refractivity contribution in [1.29, 1.82) is 0 Å². The Morgan fingerprint density at radius 1 is 1.30 bits per heavy atom. The molecule has 1 aromatic carbocycles. The molecule has 4 rings (SSSR count). The van der Waals surface area contributed by atoms with Crippen LogP contribution in [0.5, 0.6) is 11.5 Å². The van der Waals surface area contributed by atoms with Crippen LogP contribution in [-0.4, -0.2) is 17.9 Å². The van der Waals surface area contributed by atoms with Gasteiger partial charge in [0.05, 0.1) is 12.7 Å². The molecule has 0 saturated carbocycles. The van der Waals surface area contributed by atoms with Crippen molar-refractivity contribution in [1.82, 2.24) is 0 Å². The number of benzene rings is 1. The van der Waals surface area contributed by atoms with Crippen molar-refractivity contribution in [3.8, 4) is 11.5 Å². The molecule has 3 heterocycles. The number of hydrogen-bond acceptors (Lipinski definition) is 2. The third-order valence-electron chi connectivity index (χ3n) is 3.89. The lowest BCUT2D eigenvalue weighted by Gasteiger charge is -2.16. The van der Waals surface area contributed by atoms with E-state index >= 15 is 0 Å². The van der Waals surface area contributed by atoms with Gasteiger partial charge < -0.3 is 9.47 Å². The average molecular weight is 268 g/mol. The highest BCUT2D eigenvalue weighted by Crippen LogP contribution is 2.33. The van der Waals surface area contributed by atoms with Crippen LogP contribution in [0.25, 0.3) is 0 Å². The van der Waals surface area contributed by atoms with Gasteiger partial charge in [0, 0.05) is 12.1 Å². The number of methoxy groups -OCH3 is 1. The maximum absolute atomic E-state index is 6.21. The van der Waals surface area contributed by atoms with Gasteiger partial charge >= 0.3 is 6.35 Å². The van der Waals surface area contributed by atoms with Crippen molar-refractivity contribution >= 4 is 6.21 Å². The highest BCUT2D eigenvalue weighted by Gasteiger charge is 2.46. The minimum atomic E-state index is -0.0780. The maximum Gasteiger partial charge on any atom is 0.512 e. The summed E-state index contributed by atoms with van der Waals surface area (Å²) in [5.74, 6) is 1.81. The molecule has 0 fully saturated rings. The zero-order valence-corrected chi connectivity index (χ0v) is 11.5. The van der Waals surface area contributed by atoms with Gasteiger partial charge in [0.2, 0.25) is 6.54 Å². The number of rotatable bonds is 1. The molecule has 0 saturated heterocycles. The average Bonchev–Trinajstić information content (AvgIpc) is 2.82. The van der Waals surface area contributed by atoms with Gasteiger partial charge in [0.15, 0.2) is 18.2 Å². The van der Waals surface area contributed by atoms with Crippen molar-refractivity contribution < 1.29 is 18.6 Å². The molecule has 0 radical (unpaired) electrons. The SMILES string of the molecule is COc1cc(C)c2c(c1)C=[N+]1Cc3cccc[n+]3C1O2. The summed E-state index contributed by atoms with van der Waals surface area (Å²) in [6.07, 6.45) is 4.15. The van der Waals surface area contributed by atoms with Gasteiger partial charge in [-0.25, -0.2) is 0 Å². The molecule has 2 aliphatic heterocycles. The minimum absolute atomic E-state index is 0.0780. The number of fused-ring (bicyclic) bond motifs is 4. The predicted octanol–water partition coefficient (Wildman–Crippen LogP) is 1.78. The molecule has 20 heavy (non-hydrogen) atoms. The molecular formula is C16H16N2O2+2. The van der Waals surface area contributed by atoms with Gasteiger partial charge in [-0.05, 0) is 30.7 Å². The molecule has 0 spiro atoms. The largest absolute Gasteiger partial charge is 0.512 e. The third-order valence-corrected chi connectivity index (χ3v) is 3.89. The molecule has 0 bridgehead atoms. The molecule has 2 aromatic rings. The summed E-state index contributed by atoms with van der Waals surface area (Å²) in [4.78, 5) is 0. The van der Waals surface area contributed by atoms with Crippen LogP contribution in [0, 0.1) is 6.92 Å². The third kappa shape index (κ3) is 1.54. The lowest BCUT2D eigenvalue weighted by atomic mass is 10.1. The predicted molar refractivity (Wildman–Crippen MR) is 73.2 cm³/mol. The topological polar surface area (TPSA) is 25.4 Å². The normalized spacial score (nSPS) is 18.5. The summed E-state index contributed by atoms with van der Waals surface area (Å²) in [5, 5.41) is 0. The zero-order valence-electron chi connectivity index (χ0n) is 11.5. The van der Waals surface area contributed by atoms with Crippen molar-refractivity contribution in [3.05, 3.63) is 53.3 Å². The molecule has 100 valence electrons. The summed E-state index contributed by atoms with van der Waals surface area (Å²) in [7, 11) is 1.69. The van der Waals surface area contributed by atoms with Crippen LogP contribution in [0.4, 0.5) is 0 Å². The van der Waals surface area contributed by atoms with Gasteiger partial charge in [0.1, 0.15) is 5.75 Å².